The van der Waals surface area contributed by atoms with E-state index in [2.05, 4.69) is 36.5 Å². The molecule has 0 radical (unpaired) electrons. The smallest absolute Gasteiger partial charge is 0.0342 e. The van der Waals surface area contributed by atoms with Crippen LogP contribution in [0.5, 0.6) is 0 Å². The Bertz CT molecular complexity index is 312. The molecule has 2 heteroatoms. The Labute approximate surface area is 98.2 Å². The van der Waals surface area contributed by atoms with Gasteiger partial charge in [0.1, 0.15) is 0 Å². The van der Waals surface area contributed by atoms with Crippen LogP contribution in [0, 0.1) is 0 Å². The fourth-order valence-corrected chi connectivity index (χ4v) is 2.16. The maximum absolute atomic E-state index is 5.76. The lowest BCUT2D eigenvalue weighted by atomic mass is 9.87. The number of rotatable bonds is 5. The van der Waals surface area contributed by atoms with Gasteiger partial charge in [0.2, 0.25) is 0 Å². The van der Waals surface area contributed by atoms with Crippen molar-refractivity contribution in [2.75, 3.05) is 5.32 Å². The van der Waals surface area contributed by atoms with Gasteiger partial charge in [0.15, 0.2) is 0 Å². The minimum absolute atomic E-state index is 0.418. The van der Waals surface area contributed by atoms with Crippen LogP contribution in [0.4, 0.5) is 5.69 Å². The number of benzene rings is 1. The second-order valence-electron chi connectivity index (χ2n) is 4.87. The summed E-state index contributed by atoms with van der Waals surface area (Å²) in [6, 6.07) is 9.86. The average Bonchev–Trinajstić information content (AvgIpc) is 2.26. The standard InChI is InChI=1S/C14H22N2/c1-2-3-4-11-5-7-13(8-6-11)16-14-9-12(15)10-14/h5-8,12,14,16H,2-4,9-10,15H2,1H3. The number of unbranched alkanes of at least 4 members (excludes halogenated alkanes) is 1. The monoisotopic (exact) mass is 218 g/mol. The number of anilines is 1. The molecular formula is C14H22N2. The molecule has 1 saturated carbocycles. The zero-order valence-electron chi connectivity index (χ0n) is 10.1. The predicted octanol–water partition coefficient (Wildman–Crippen LogP) is 2.93. The van der Waals surface area contributed by atoms with Crippen molar-refractivity contribution in [2.45, 2.75) is 51.1 Å². The molecule has 1 aliphatic carbocycles. The SMILES string of the molecule is CCCCc1ccc(NC2CC(N)C2)cc1. The molecule has 88 valence electrons. The van der Waals surface area contributed by atoms with Gasteiger partial charge >= 0.3 is 0 Å². The fourth-order valence-electron chi connectivity index (χ4n) is 2.16. The number of hydrogen-bond acceptors (Lipinski definition) is 2. The molecule has 1 aromatic rings. The molecule has 0 unspecified atom stereocenters. The molecule has 1 aromatic carbocycles. The highest BCUT2D eigenvalue weighted by Gasteiger charge is 2.25. The second kappa shape index (κ2) is 5.35. The zero-order chi connectivity index (χ0) is 11.4. The summed E-state index contributed by atoms with van der Waals surface area (Å²) in [7, 11) is 0. The van der Waals surface area contributed by atoms with Crippen LogP contribution in [0.1, 0.15) is 38.2 Å². The summed E-state index contributed by atoms with van der Waals surface area (Å²) >= 11 is 0. The van der Waals surface area contributed by atoms with E-state index in [0.717, 1.165) is 12.8 Å². The Morgan fingerprint density at radius 2 is 1.94 bits per heavy atom. The third-order valence-corrected chi connectivity index (χ3v) is 3.32. The second-order valence-corrected chi connectivity index (χ2v) is 4.87. The van der Waals surface area contributed by atoms with Gasteiger partial charge in [-0.05, 0) is 43.4 Å². The van der Waals surface area contributed by atoms with Crippen LogP contribution in [0.2, 0.25) is 0 Å². The first-order valence-electron chi connectivity index (χ1n) is 6.39. The first-order chi connectivity index (χ1) is 7.78. The minimum atomic E-state index is 0.418. The Morgan fingerprint density at radius 3 is 2.50 bits per heavy atom. The van der Waals surface area contributed by atoms with Crippen LogP contribution in [0.25, 0.3) is 0 Å². The van der Waals surface area contributed by atoms with E-state index < -0.39 is 0 Å². The largest absolute Gasteiger partial charge is 0.382 e. The van der Waals surface area contributed by atoms with E-state index in [0.29, 0.717) is 12.1 Å². The molecule has 16 heavy (non-hydrogen) atoms. The normalized spacial score (nSPS) is 23.9. The van der Waals surface area contributed by atoms with E-state index in [-0.39, 0.29) is 0 Å². The third kappa shape index (κ3) is 2.99. The van der Waals surface area contributed by atoms with E-state index in [4.69, 9.17) is 5.73 Å². The van der Waals surface area contributed by atoms with Crippen LogP contribution in [-0.4, -0.2) is 12.1 Å². The van der Waals surface area contributed by atoms with Gasteiger partial charge < -0.3 is 11.1 Å². The molecule has 0 amide bonds. The number of hydrogen-bond donors (Lipinski definition) is 2. The Morgan fingerprint density at radius 1 is 1.25 bits per heavy atom. The molecule has 2 rings (SSSR count). The fraction of sp³-hybridized carbons (Fsp3) is 0.571. The van der Waals surface area contributed by atoms with Crippen molar-refractivity contribution in [3.05, 3.63) is 29.8 Å². The minimum Gasteiger partial charge on any atom is -0.382 e. The first kappa shape index (κ1) is 11.5. The summed E-state index contributed by atoms with van der Waals surface area (Å²) in [6.07, 6.45) is 5.96. The molecule has 1 fully saturated rings. The summed E-state index contributed by atoms with van der Waals surface area (Å²) in [5.41, 5.74) is 8.44. The predicted molar refractivity (Wildman–Crippen MR) is 69.7 cm³/mol. The lowest BCUT2D eigenvalue weighted by Gasteiger charge is -2.33. The Balaban J connectivity index is 1.82. The Kier molecular flexibility index (Phi) is 3.83. The molecule has 0 saturated heterocycles. The molecule has 2 nitrogen and oxygen atoms in total. The van der Waals surface area contributed by atoms with Crippen LogP contribution < -0.4 is 11.1 Å². The van der Waals surface area contributed by atoms with Crippen molar-refractivity contribution in [1.82, 2.24) is 0 Å². The van der Waals surface area contributed by atoms with E-state index in [1.165, 1.54) is 30.5 Å². The van der Waals surface area contributed by atoms with Crippen molar-refractivity contribution in [2.24, 2.45) is 5.73 Å². The van der Waals surface area contributed by atoms with Gasteiger partial charge in [-0.1, -0.05) is 25.5 Å². The highest BCUT2D eigenvalue weighted by Crippen LogP contribution is 2.22. The average molecular weight is 218 g/mol. The van der Waals surface area contributed by atoms with Gasteiger partial charge in [-0.2, -0.15) is 0 Å². The lowest BCUT2D eigenvalue weighted by molar-refractivity contribution is 0.373. The maximum Gasteiger partial charge on any atom is 0.0342 e. The van der Waals surface area contributed by atoms with Crippen molar-refractivity contribution < 1.29 is 0 Å². The molecule has 0 aliphatic heterocycles. The van der Waals surface area contributed by atoms with Gasteiger partial charge in [0.05, 0.1) is 0 Å². The zero-order valence-corrected chi connectivity index (χ0v) is 10.1. The van der Waals surface area contributed by atoms with Crippen LogP contribution in [-0.2, 0) is 6.42 Å². The quantitative estimate of drug-likeness (QED) is 0.797. The maximum atomic E-state index is 5.76. The van der Waals surface area contributed by atoms with E-state index in [1.54, 1.807) is 0 Å². The van der Waals surface area contributed by atoms with Gasteiger partial charge in [-0.15, -0.1) is 0 Å². The van der Waals surface area contributed by atoms with Gasteiger partial charge in [-0.3, -0.25) is 0 Å². The number of nitrogens with two attached hydrogens (primary N) is 1. The summed E-state index contributed by atoms with van der Waals surface area (Å²) in [5.74, 6) is 0. The number of nitrogens with one attached hydrogen (secondary N) is 1. The highest BCUT2D eigenvalue weighted by atomic mass is 15.0. The van der Waals surface area contributed by atoms with Crippen LogP contribution >= 0.6 is 0 Å². The van der Waals surface area contributed by atoms with Crippen molar-refractivity contribution in [1.29, 1.82) is 0 Å². The van der Waals surface area contributed by atoms with Crippen LogP contribution in [0.3, 0.4) is 0 Å². The molecular weight excluding hydrogens is 196 g/mol. The molecule has 0 aromatic heterocycles. The molecule has 0 heterocycles. The highest BCUT2D eigenvalue weighted by molar-refractivity contribution is 5.46. The van der Waals surface area contributed by atoms with E-state index in [1.807, 2.05) is 0 Å². The van der Waals surface area contributed by atoms with E-state index >= 15 is 0 Å². The van der Waals surface area contributed by atoms with Gasteiger partial charge in [-0.25, -0.2) is 0 Å². The summed E-state index contributed by atoms with van der Waals surface area (Å²) < 4.78 is 0. The van der Waals surface area contributed by atoms with Gasteiger partial charge in [0.25, 0.3) is 0 Å². The molecule has 0 spiro atoms. The summed E-state index contributed by atoms with van der Waals surface area (Å²) in [4.78, 5) is 0. The van der Waals surface area contributed by atoms with Crippen molar-refractivity contribution >= 4 is 5.69 Å². The molecule has 0 atom stereocenters. The summed E-state index contributed by atoms with van der Waals surface area (Å²) in [6.45, 7) is 2.23. The first-order valence-corrected chi connectivity index (χ1v) is 6.39. The molecule has 1 aliphatic rings. The van der Waals surface area contributed by atoms with Crippen LogP contribution in [0.15, 0.2) is 24.3 Å². The third-order valence-electron chi connectivity index (χ3n) is 3.32. The molecule has 3 N–H and O–H groups in total. The molecule has 0 bridgehead atoms. The summed E-state index contributed by atoms with van der Waals surface area (Å²) in [5, 5.41) is 3.51. The Hall–Kier alpha value is -1.02. The lowest BCUT2D eigenvalue weighted by Crippen LogP contribution is -2.44. The van der Waals surface area contributed by atoms with Crippen molar-refractivity contribution in [3.8, 4) is 0 Å². The topological polar surface area (TPSA) is 38.0 Å². The van der Waals surface area contributed by atoms with E-state index in [9.17, 15) is 0 Å². The van der Waals surface area contributed by atoms with Gasteiger partial charge in [0, 0.05) is 17.8 Å². The number of aryl methyl sites for hydroxylation is 1. The van der Waals surface area contributed by atoms with Crippen molar-refractivity contribution in [3.63, 3.8) is 0 Å².